The first-order chi connectivity index (χ1) is 8.86. The monoisotopic (exact) mass is 284 g/mol. The second-order valence-electron chi connectivity index (χ2n) is 4.35. The number of rotatable bonds is 5. The van der Waals surface area contributed by atoms with Crippen molar-refractivity contribution in [1.82, 2.24) is 9.88 Å². The zero-order valence-corrected chi connectivity index (χ0v) is 11.9. The first-order valence-corrected chi connectivity index (χ1v) is 6.41. The standard InChI is InChI=1S/C13H17ClN2O3/c1-4-5-10-6-9(7-11(14)15-10)12(17)16(3)8(2)13(18)19/h6-8H,4-5H2,1-3H3,(H,18,19). The maximum Gasteiger partial charge on any atom is 0.326 e. The number of likely N-dealkylation sites (N-methyl/N-ethyl adjacent to an activating group) is 1. The van der Waals surface area contributed by atoms with Gasteiger partial charge in [0.2, 0.25) is 0 Å². The Hall–Kier alpha value is -1.62. The third-order valence-corrected chi connectivity index (χ3v) is 3.05. The summed E-state index contributed by atoms with van der Waals surface area (Å²) in [4.78, 5) is 28.4. The van der Waals surface area contributed by atoms with Gasteiger partial charge in [0.25, 0.3) is 5.91 Å². The summed E-state index contributed by atoms with van der Waals surface area (Å²) in [7, 11) is 1.45. The number of pyridine rings is 1. The van der Waals surface area contributed by atoms with Gasteiger partial charge in [-0.2, -0.15) is 0 Å². The van der Waals surface area contributed by atoms with Crippen molar-refractivity contribution in [3.8, 4) is 0 Å². The third kappa shape index (κ3) is 3.92. The Kier molecular flexibility index (Phi) is 5.30. The van der Waals surface area contributed by atoms with Crippen molar-refractivity contribution < 1.29 is 14.7 Å². The Morgan fingerprint density at radius 2 is 2.11 bits per heavy atom. The largest absolute Gasteiger partial charge is 0.480 e. The van der Waals surface area contributed by atoms with Gasteiger partial charge in [-0.25, -0.2) is 9.78 Å². The lowest BCUT2D eigenvalue weighted by Gasteiger charge is -2.21. The molecule has 1 aromatic heterocycles. The number of carbonyl (C=O) groups is 2. The van der Waals surface area contributed by atoms with Gasteiger partial charge in [0.15, 0.2) is 0 Å². The molecule has 104 valence electrons. The molecule has 1 atom stereocenters. The van der Waals surface area contributed by atoms with Crippen molar-refractivity contribution in [3.05, 3.63) is 28.5 Å². The van der Waals surface area contributed by atoms with Crippen LogP contribution in [0, 0.1) is 0 Å². The van der Waals surface area contributed by atoms with E-state index in [0.29, 0.717) is 5.56 Å². The molecule has 1 amide bonds. The molecule has 0 saturated carbocycles. The van der Waals surface area contributed by atoms with E-state index in [4.69, 9.17) is 16.7 Å². The fourth-order valence-corrected chi connectivity index (χ4v) is 1.83. The van der Waals surface area contributed by atoms with Gasteiger partial charge in [-0.1, -0.05) is 24.9 Å². The first kappa shape index (κ1) is 15.4. The Balaban J connectivity index is 3.02. The van der Waals surface area contributed by atoms with E-state index in [-0.39, 0.29) is 11.1 Å². The number of hydrogen-bond acceptors (Lipinski definition) is 3. The van der Waals surface area contributed by atoms with Crippen molar-refractivity contribution >= 4 is 23.5 Å². The summed E-state index contributed by atoms with van der Waals surface area (Å²) in [5.41, 5.74) is 1.09. The summed E-state index contributed by atoms with van der Waals surface area (Å²) in [5, 5.41) is 9.15. The van der Waals surface area contributed by atoms with E-state index >= 15 is 0 Å². The number of aromatic nitrogens is 1. The van der Waals surface area contributed by atoms with E-state index in [9.17, 15) is 9.59 Å². The van der Waals surface area contributed by atoms with Gasteiger partial charge < -0.3 is 10.0 Å². The van der Waals surface area contributed by atoms with Crippen LogP contribution in [0.5, 0.6) is 0 Å². The molecule has 0 fully saturated rings. The van der Waals surface area contributed by atoms with Crippen LogP contribution in [0.25, 0.3) is 0 Å². The molecule has 1 aromatic rings. The number of hydrogen-bond donors (Lipinski definition) is 1. The second-order valence-corrected chi connectivity index (χ2v) is 4.74. The molecule has 0 aliphatic carbocycles. The molecule has 0 bridgehead atoms. The average Bonchev–Trinajstić information content (AvgIpc) is 2.35. The van der Waals surface area contributed by atoms with Gasteiger partial charge in [-0.15, -0.1) is 0 Å². The van der Waals surface area contributed by atoms with Crippen LogP contribution in [0.2, 0.25) is 5.15 Å². The molecule has 1 heterocycles. The van der Waals surface area contributed by atoms with Crippen molar-refractivity contribution in [2.75, 3.05) is 7.05 Å². The molecule has 0 spiro atoms. The van der Waals surface area contributed by atoms with Gasteiger partial charge in [-0.3, -0.25) is 4.79 Å². The van der Waals surface area contributed by atoms with Gasteiger partial charge in [0, 0.05) is 18.3 Å². The molecule has 0 aromatic carbocycles. The summed E-state index contributed by atoms with van der Waals surface area (Å²) in [6.07, 6.45) is 1.61. The minimum Gasteiger partial charge on any atom is -0.480 e. The lowest BCUT2D eigenvalue weighted by Crippen LogP contribution is -2.40. The van der Waals surface area contributed by atoms with Gasteiger partial charge in [0.1, 0.15) is 11.2 Å². The average molecular weight is 285 g/mol. The van der Waals surface area contributed by atoms with Crippen LogP contribution in [0.4, 0.5) is 0 Å². The quantitative estimate of drug-likeness (QED) is 0.842. The lowest BCUT2D eigenvalue weighted by atomic mass is 10.1. The minimum atomic E-state index is -1.05. The SMILES string of the molecule is CCCc1cc(C(=O)N(C)C(C)C(=O)O)cc(Cl)n1. The molecule has 1 N–H and O–H groups in total. The molecule has 5 nitrogen and oxygen atoms in total. The van der Waals surface area contributed by atoms with Crippen LogP contribution in [0.3, 0.4) is 0 Å². The molecule has 1 unspecified atom stereocenters. The zero-order valence-electron chi connectivity index (χ0n) is 11.2. The maximum absolute atomic E-state index is 12.2. The van der Waals surface area contributed by atoms with Crippen molar-refractivity contribution in [2.45, 2.75) is 32.7 Å². The molecule has 6 heteroatoms. The molecule has 0 aliphatic heterocycles. The third-order valence-electron chi connectivity index (χ3n) is 2.86. The van der Waals surface area contributed by atoms with Gasteiger partial charge >= 0.3 is 5.97 Å². The smallest absolute Gasteiger partial charge is 0.326 e. The molecule has 1 rings (SSSR count). The van der Waals surface area contributed by atoms with Crippen LogP contribution in [-0.2, 0) is 11.2 Å². The van der Waals surface area contributed by atoms with E-state index in [1.807, 2.05) is 6.92 Å². The van der Waals surface area contributed by atoms with Gasteiger partial charge in [-0.05, 0) is 25.5 Å². The Morgan fingerprint density at radius 1 is 1.47 bits per heavy atom. The highest BCUT2D eigenvalue weighted by molar-refractivity contribution is 6.29. The van der Waals surface area contributed by atoms with Crippen molar-refractivity contribution in [1.29, 1.82) is 0 Å². The topological polar surface area (TPSA) is 70.5 Å². The summed E-state index contributed by atoms with van der Waals surface area (Å²) in [6, 6.07) is 2.21. The van der Waals surface area contributed by atoms with Crippen molar-refractivity contribution in [2.24, 2.45) is 0 Å². The van der Waals surface area contributed by atoms with Crippen LogP contribution in [0.15, 0.2) is 12.1 Å². The Bertz CT molecular complexity index is 491. The van der Waals surface area contributed by atoms with Crippen LogP contribution in [-0.4, -0.2) is 40.0 Å². The number of aryl methyl sites for hydroxylation is 1. The number of carboxylic acids is 1. The molecule has 19 heavy (non-hydrogen) atoms. The molecular weight excluding hydrogens is 268 g/mol. The fraction of sp³-hybridized carbons (Fsp3) is 0.462. The molecule has 0 saturated heterocycles. The summed E-state index contributed by atoms with van der Waals surface area (Å²) in [5.74, 6) is -1.43. The Labute approximate surface area is 117 Å². The highest BCUT2D eigenvalue weighted by Crippen LogP contribution is 2.15. The maximum atomic E-state index is 12.2. The predicted molar refractivity (Wildman–Crippen MR) is 72.4 cm³/mol. The predicted octanol–water partition coefficient (Wildman–Crippen LogP) is 2.23. The van der Waals surface area contributed by atoms with Gasteiger partial charge in [0.05, 0.1) is 0 Å². The molecular formula is C13H17ClN2O3. The van der Waals surface area contributed by atoms with E-state index in [2.05, 4.69) is 4.98 Å². The van der Waals surface area contributed by atoms with E-state index in [1.54, 1.807) is 6.07 Å². The minimum absolute atomic E-state index is 0.241. The summed E-state index contributed by atoms with van der Waals surface area (Å²) < 4.78 is 0. The van der Waals surface area contributed by atoms with E-state index in [1.165, 1.54) is 24.9 Å². The lowest BCUT2D eigenvalue weighted by molar-refractivity contribution is -0.141. The number of carboxylic acid groups (broad SMARTS) is 1. The molecule has 0 aliphatic rings. The highest BCUT2D eigenvalue weighted by atomic mass is 35.5. The van der Waals surface area contributed by atoms with Crippen LogP contribution >= 0.6 is 11.6 Å². The van der Waals surface area contributed by atoms with Crippen LogP contribution < -0.4 is 0 Å². The van der Waals surface area contributed by atoms with Crippen molar-refractivity contribution in [3.63, 3.8) is 0 Å². The van der Waals surface area contributed by atoms with E-state index < -0.39 is 12.0 Å². The summed E-state index contributed by atoms with van der Waals surface area (Å²) >= 11 is 5.88. The number of aliphatic carboxylic acids is 1. The number of amides is 1. The zero-order chi connectivity index (χ0) is 14.6. The normalized spacial score (nSPS) is 12.0. The number of halogens is 1. The molecule has 0 radical (unpaired) electrons. The number of carbonyl (C=O) groups excluding carboxylic acids is 1. The van der Waals surface area contributed by atoms with E-state index in [0.717, 1.165) is 18.5 Å². The second kappa shape index (κ2) is 6.52. The Morgan fingerprint density at radius 3 is 2.63 bits per heavy atom. The summed E-state index contributed by atoms with van der Waals surface area (Å²) in [6.45, 7) is 3.46. The number of nitrogens with zero attached hydrogens (tertiary/aromatic N) is 2. The fourth-order valence-electron chi connectivity index (χ4n) is 1.60. The highest BCUT2D eigenvalue weighted by Gasteiger charge is 2.23. The van der Waals surface area contributed by atoms with Crippen LogP contribution in [0.1, 0.15) is 36.3 Å². The first-order valence-electron chi connectivity index (χ1n) is 6.03.